The van der Waals surface area contributed by atoms with Crippen molar-refractivity contribution in [1.29, 1.82) is 0 Å². The van der Waals surface area contributed by atoms with Crippen molar-refractivity contribution in [3.8, 4) is 11.5 Å². The molecule has 0 fully saturated rings. The molecule has 150 valence electrons. The second-order valence-electron chi connectivity index (χ2n) is 7.04. The van der Waals surface area contributed by atoms with Crippen LogP contribution in [0.1, 0.15) is 21.7 Å². The van der Waals surface area contributed by atoms with Gasteiger partial charge in [-0.15, -0.1) is 11.8 Å². The maximum Gasteiger partial charge on any atom is 0.174 e. The molecule has 3 aromatic rings. The number of hydrogen-bond acceptors (Lipinski definition) is 4. The van der Waals surface area contributed by atoms with Crippen molar-refractivity contribution in [3.05, 3.63) is 76.6 Å². The number of halogens is 1. The van der Waals surface area contributed by atoms with Gasteiger partial charge in [0.25, 0.3) is 0 Å². The van der Waals surface area contributed by atoms with Crippen molar-refractivity contribution < 1.29 is 14.3 Å². The zero-order valence-electron chi connectivity index (χ0n) is 16.4. The first-order valence-corrected chi connectivity index (χ1v) is 10.8. The Kier molecular flexibility index (Phi) is 5.88. The summed E-state index contributed by atoms with van der Waals surface area (Å²) in [6.07, 6.45) is -0.102. The summed E-state index contributed by atoms with van der Waals surface area (Å²) in [4.78, 5) is 13.8. The Morgan fingerprint density at radius 2 is 1.86 bits per heavy atom. The van der Waals surface area contributed by atoms with Gasteiger partial charge in [-0.2, -0.15) is 0 Å². The van der Waals surface area contributed by atoms with Gasteiger partial charge < -0.3 is 14.0 Å². The van der Waals surface area contributed by atoms with Crippen LogP contribution in [0.3, 0.4) is 0 Å². The largest absolute Gasteiger partial charge is 0.486 e. The zero-order chi connectivity index (χ0) is 20.4. The lowest BCUT2D eigenvalue weighted by atomic mass is 10.2. The first-order valence-electron chi connectivity index (χ1n) is 9.48. The molecule has 0 saturated carbocycles. The molecule has 0 N–H and O–H groups in total. The predicted molar refractivity (Wildman–Crippen MR) is 117 cm³/mol. The highest BCUT2D eigenvalue weighted by molar-refractivity contribution is 8.00. The molecule has 1 aliphatic heterocycles. The van der Waals surface area contributed by atoms with E-state index >= 15 is 0 Å². The van der Waals surface area contributed by atoms with Crippen molar-refractivity contribution in [2.45, 2.75) is 31.4 Å². The van der Waals surface area contributed by atoms with Crippen LogP contribution >= 0.6 is 23.4 Å². The highest BCUT2D eigenvalue weighted by Crippen LogP contribution is 2.32. The number of para-hydroxylation sites is 2. The molecule has 4 nitrogen and oxygen atoms in total. The summed E-state index contributed by atoms with van der Waals surface area (Å²) in [5.74, 6) is 1.99. The Balaban J connectivity index is 1.45. The molecule has 0 saturated heterocycles. The summed E-state index contributed by atoms with van der Waals surface area (Å²) in [5, 5.41) is 0.672. The first kappa shape index (κ1) is 19.9. The summed E-state index contributed by atoms with van der Waals surface area (Å²) in [6.45, 7) is 5.12. The minimum absolute atomic E-state index is 0.0976. The fourth-order valence-electron chi connectivity index (χ4n) is 3.50. The van der Waals surface area contributed by atoms with E-state index in [0.717, 1.165) is 33.3 Å². The van der Waals surface area contributed by atoms with Crippen LogP contribution in [0.15, 0.2) is 59.5 Å². The van der Waals surface area contributed by atoms with Crippen LogP contribution in [-0.2, 0) is 6.54 Å². The van der Waals surface area contributed by atoms with Gasteiger partial charge in [0.1, 0.15) is 6.61 Å². The number of ether oxygens (including phenoxy) is 2. The molecule has 2 aromatic carbocycles. The van der Waals surface area contributed by atoms with Crippen molar-refractivity contribution in [2.75, 3.05) is 12.4 Å². The van der Waals surface area contributed by atoms with Gasteiger partial charge in [-0.3, -0.25) is 4.79 Å². The molecule has 1 aromatic heterocycles. The summed E-state index contributed by atoms with van der Waals surface area (Å²) in [5.41, 5.74) is 2.74. The van der Waals surface area contributed by atoms with E-state index in [4.69, 9.17) is 21.1 Å². The lowest BCUT2D eigenvalue weighted by Crippen LogP contribution is -2.33. The molecule has 0 radical (unpaired) electrons. The highest BCUT2D eigenvalue weighted by Gasteiger charge is 2.24. The quantitative estimate of drug-likeness (QED) is 0.380. The van der Waals surface area contributed by atoms with Gasteiger partial charge in [-0.25, -0.2) is 0 Å². The van der Waals surface area contributed by atoms with E-state index in [2.05, 4.69) is 4.57 Å². The molecule has 1 atom stereocenters. The molecule has 0 amide bonds. The van der Waals surface area contributed by atoms with Gasteiger partial charge >= 0.3 is 0 Å². The monoisotopic (exact) mass is 427 g/mol. The number of carbonyl (C=O) groups is 1. The van der Waals surface area contributed by atoms with E-state index in [-0.39, 0.29) is 11.9 Å². The lowest BCUT2D eigenvalue weighted by molar-refractivity contribution is 0.0777. The van der Waals surface area contributed by atoms with E-state index in [9.17, 15) is 4.79 Å². The zero-order valence-corrected chi connectivity index (χ0v) is 17.9. The number of benzene rings is 2. The van der Waals surface area contributed by atoms with E-state index in [1.54, 1.807) is 0 Å². The summed E-state index contributed by atoms with van der Waals surface area (Å²) >= 11 is 7.66. The van der Waals surface area contributed by atoms with Gasteiger partial charge in [-0.05, 0) is 44.2 Å². The highest BCUT2D eigenvalue weighted by atomic mass is 35.5. The third kappa shape index (κ3) is 4.31. The smallest absolute Gasteiger partial charge is 0.174 e. The average Bonchev–Trinajstić information content (AvgIpc) is 3.01. The number of hydrogen-bond donors (Lipinski definition) is 0. The van der Waals surface area contributed by atoms with Crippen LogP contribution in [-0.4, -0.2) is 28.8 Å². The van der Waals surface area contributed by atoms with Gasteiger partial charge in [0.05, 0.1) is 17.3 Å². The number of thioether (sulfide) groups is 1. The normalized spacial score (nSPS) is 15.3. The van der Waals surface area contributed by atoms with Crippen LogP contribution in [0.5, 0.6) is 11.5 Å². The van der Waals surface area contributed by atoms with E-state index in [0.29, 0.717) is 23.9 Å². The third-order valence-electron chi connectivity index (χ3n) is 5.02. The van der Waals surface area contributed by atoms with Crippen molar-refractivity contribution in [3.63, 3.8) is 0 Å². The van der Waals surface area contributed by atoms with E-state index in [1.807, 2.05) is 68.4 Å². The fraction of sp³-hybridized carbons (Fsp3) is 0.261. The van der Waals surface area contributed by atoms with E-state index < -0.39 is 0 Å². The number of rotatable bonds is 6. The van der Waals surface area contributed by atoms with Gasteiger partial charge in [0, 0.05) is 21.8 Å². The molecule has 2 heterocycles. The standard InChI is InChI=1S/C23H22ClNO3S/c1-15-11-18(20(26)14-29-23-10-6-3-7-19(23)24)16(2)25(15)12-17-13-27-21-8-4-5-9-22(21)28-17/h3-11,17H,12-14H2,1-2H3. The Morgan fingerprint density at radius 1 is 1.14 bits per heavy atom. The van der Waals surface area contributed by atoms with Gasteiger partial charge in [0.15, 0.2) is 23.4 Å². The van der Waals surface area contributed by atoms with Crippen molar-refractivity contribution >= 4 is 29.1 Å². The van der Waals surface area contributed by atoms with Crippen LogP contribution in [0.25, 0.3) is 0 Å². The van der Waals surface area contributed by atoms with Gasteiger partial charge in [0.2, 0.25) is 0 Å². The second-order valence-corrected chi connectivity index (χ2v) is 8.46. The molecule has 0 spiro atoms. The minimum Gasteiger partial charge on any atom is -0.486 e. The van der Waals surface area contributed by atoms with Crippen LogP contribution in [0, 0.1) is 13.8 Å². The number of Topliss-reactive ketones (excluding diaryl/α,β-unsaturated/α-hetero) is 1. The third-order valence-corrected chi connectivity index (χ3v) is 6.54. The molecule has 4 rings (SSSR count). The average molecular weight is 428 g/mol. The first-order chi connectivity index (χ1) is 14.0. The summed E-state index contributed by atoms with van der Waals surface area (Å²) in [6, 6.07) is 17.2. The Morgan fingerprint density at radius 3 is 2.66 bits per heavy atom. The number of ketones is 1. The van der Waals surface area contributed by atoms with Crippen LogP contribution in [0.2, 0.25) is 5.02 Å². The number of aromatic nitrogens is 1. The molecule has 1 aliphatic rings. The molecular weight excluding hydrogens is 406 g/mol. The topological polar surface area (TPSA) is 40.5 Å². The Bertz CT molecular complexity index is 1050. The molecule has 29 heavy (non-hydrogen) atoms. The predicted octanol–water partition coefficient (Wildman–Crippen LogP) is 5.57. The van der Waals surface area contributed by atoms with E-state index in [1.165, 1.54) is 11.8 Å². The minimum atomic E-state index is -0.102. The number of carbonyl (C=O) groups excluding carboxylic acids is 1. The summed E-state index contributed by atoms with van der Waals surface area (Å²) < 4.78 is 14.0. The van der Waals surface area contributed by atoms with Gasteiger partial charge in [-0.1, -0.05) is 35.9 Å². The molecule has 1 unspecified atom stereocenters. The molecule has 6 heteroatoms. The maximum atomic E-state index is 12.8. The number of fused-ring (bicyclic) bond motifs is 1. The maximum absolute atomic E-state index is 12.8. The van der Waals surface area contributed by atoms with Crippen LogP contribution < -0.4 is 9.47 Å². The number of aryl methyl sites for hydroxylation is 1. The van der Waals surface area contributed by atoms with Crippen molar-refractivity contribution in [1.82, 2.24) is 4.57 Å². The number of nitrogens with zero attached hydrogens (tertiary/aromatic N) is 1. The van der Waals surface area contributed by atoms with Crippen LogP contribution in [0.4, 0.5) is 0 Å². The Hall–Kier alpha value is -2.37. The van der Waals surface area contributed by atoms with Crippen molar-refractivity contribution in [2.24, 2.45) is 0 Å². The Labute approximate surface area is 179 Å². The molecule has 0 aliphatic carbocycles. The molecular formula is C23H22ClNO3S. The lowest BCUT2D eigenvalue weighted by Gasteiger charge is -2.27. The SMILES string of the molecule is Cc1cc(C(=O)CSc2ccccc2Cl)c(C)n1CC1COc2ccccc2O1. The molecule has 0 bridgehead atoms. The fourth-order valence-corrected chi connectivity index (χ4v) is 4.63. The summed E-state index contributed by atoms with van der Waals surface area (Å²) in [7, 11) is 0. The second kappa shape index (κ2) is 8.56.